The van der Waals surface area contributed by atoms with Gasteiger partial charge < -0.3 is 9.67 Å². The Bertz CT molecular complexity index is 650. The predicted molar refractivity (Wildman–Crippen MR) is 90.7 cm³/mol. The number of hydrogen-bond acceptors (Lipinski definition) is 4. The number of benzene rings is 1. The van der Waals surface area contributed by atoms with E-state index in [1.54, 1.807) is 0 Å². The molecule has 1 saturated heterocycles. The van der Waals surface area contributed by atoms with Crippen molar-refractivity contribution < 1.29 is 9.90 Å². The lowest BCUT2D eigenvalue weighted by molar-refractivity contribution is -0.122. The molecule has 2 aliphatic rings. The zero-order chi connectivity index (χ0) is 16.8. The van der Waals surface area contributed by atoms with E-state index >= 15 is 0 Å². The molecule has 4 rings (SSSR count). The lowest BCUT2D eigenvalue weighted by atomic mass is 9.98. The summed E-state index contributed by atoms with van der Waals surface area (Å²) in [5.41, 5.74) is 1.42. The van der Waals surface area contributed by atoms with Gasteiger partial charge in [-0.25, -0.2) is 0 Å². The smallest absolute Gasteiger partial charge is 0.290 e. The summed E-state index contributed by atoms with van der Waals surface area (Å²) in [5.74, 6) is 2.89. The number of fused-ring (bicyclic) bond motifs is 1. The molecule has 128 valence electrons. The highest BCUT2D eigenvalue weighted by atomic mass is 16.3. The Morgan fingerprint density at radius 3 is 2.54 bits per heavy atom. The molecule has 1 N–H and O–H groups in total. The highest BCUT2D eigenvalue weighted by molar-refractivity contribution is 5.32. The molecular weight excluding hydrogens is 304 g/mol. The molecule has 24 heavy (non-hydrogen) atoms. The highest BCUT2D eigenvalue weighted by Gasteiger charge is 2.27. The molecule has 0 saturated carbocycles. The molecule has 1 fully saturated rings. The number of rotatable bonds is 3. The molecule has 1 aromatic heterocycles. The Hall–Kier alpha value is -2.21. The third kappa shape index (κ3) is 3.82. The van der Waals surface area contributed by atoms with Gasteiger partial charge in [-0.1, -0.05) is 36.8 Å². The van der Waals surface area contributed by atoms with Crippen LogP contribution in [0.25, 0.3) is 0 Å². The average Bonchev–Trinajstić information content (AvgIpc) is 3.20. The van der Waals surface area contributed by atoms with Crippen molar-refractivity contribution in [1.82, 2.24) is 19.7 Å². The fourth-order valence-electron chi connectivity index (χ4n) is 3.62. The van der Waals surface area contributed by atoms with Crippen molar-refractivity contribution in [3.63, 3.8) is 0 Å². The molecule has 3 heterocycles. The minimum Gasteiger partial charge on any atom is -0.483 e. The highest BCUT2D eigenvalue weighted by Crippen LogP contribution is 2.29. The Balaban J connectivity index is 0.000000526. The van der Waals surface area contributed by atoms with Gasteiger partial charge in [-0.05, 0) is 31.5 Å². The number of likely N-dealkylation sites (tertiary alicyclic amines) is 1. The second kappa shape index (κ2) is 8.06. The van der Waals surface area contributed by atoms with Gasteiger partial charge in [-0.15, -0.1) is 10.2 Å². The standard InChI is InChI=1S/C17H22N4.CH2O2/c1-3-7-14(8-4-1)15-11-16-18-19-17(21(16)12-15)13-20-9-5-2-6-10-20;2-1-3/h1,3-4,7-8,15H,2,5-6,9-13H2;1H,(H,2,3). The number of nitrogens with zero attached hydrogens (tertiary/aromatic N) is 4. The fraction of sp³-hybridized carbons (Fsp3) is 0.500. The van der Waals surface area contributed by atoms with Crippen molar-refractivity contribution in [1.29, 1.82) is 0 Å². The summed E-state index contributed by atoms with van der Waals surface area (Å²) in [4.78, 5) is 10.9. The van der Waals surface area contributed by atoms with Gasteiger partial charge in [0.15, 0.2) is 0 Å². The molecule has 1 unspecified atom stereocenters. The minimum absolute atomic E-state index is 0.250. The van der Waals surface area contributed by atoms with Gasteiger partial charge >= 0.3 is 0 Å². The molecule has 0 bridgehead atoms. The van der Waals surface area contributed by atoms with Gasteiger partial charge in [0.1, 0.15) is 11.6 Å². The molecule has 6 heteroatoms. The van der Waals surface area contributed by atoms with Crippen molar-refractivity contribution in [3.05, 3.63) is 47.5 Å². The molecule has 1 atom stereocenters. The quantitative estimate of drug-likeness (QED) is 0.876. The number of hydrogen-bond donors (Lipinski definition) is 1. The summed E-state index contributed by atoms with van der Waals surface area (Å²) in [6.45, 7) is 4.18. The third-order valence-electron chi connectivity index (χ3n) is 4.82. The molecule has 0 aliphatic carbocycles. The average molecular weight is 328 g/mol. The Kier molecular flexibility index (Phi) is 5.59. The first-order valence-electron chi connectivity index (χ1n) is 8.58. The van der Waals surface area contributed by atoms with E-state index in [1.807, 2.05) is 0 Å². The summed E-state index contributed by atoms with van der Waals surface area (Å²) in [6, 6.07) is 10.8. The van der Waals surface area contributed by atoms with Crippen LogP contribution in [-0.2, 0) is 24.3 Å². The Labute approximate surface area is 142 Å². The first-order chi connectivity index (χ1) is 11.8. The van der Waals surface area contributed by atoms with Crippen LogP contribution in [0.1, 0.15) is 42.4 Å². The topological polar surface area (TPSA) is 71.2 Å². The van der Waals surface area contributed by atoms with Crippen LogP contribution in [0.5, 0.6) is 0 Å². The van der Waals surface area contributed by atoms with Crippen molar-refractivity contribution in [3.8, 4) is 0 Å². The zero-order valence-electron chi connectivity index (χ0n) is 13.8. The van der Waals surface area contributed by atoms with Crippen molar-refractivity contribution >= 4 is 6.47 Å². The maximum absolute atomic E-state index is 8.36. The van der Waals surface area contributed by atoms with E-state index in [0.717, 1.165) is 31.2 Å². The first-order valence-corrected chi connectivity index (χ1v) is 8.58. The maximum Gasteiger partial charge on any atom is 0.290 e. The normalized spacial score (nSPS) is 20.1. The monoisotopic (exact) mass is 328 g/mol. The maximum atomic E-state index is 8.36. The molecule has 0 spiro atoms. The van der Waals surface area contributed by atoms with E-state index in [2.05, 4.69) is 50.0 Å². The number of carbonyl (C=O) groups is 1. The van der Waals surface area contributed by atoms with Gasteiger partial charge in [0, 0.05) is 18.9 Å². The van der Waals surface area contributed by atoms with Crippen molar-refractivity contribution in [2.45, 2.75) is 44.7 Å². The fourth-order valence-corrected chi connectivity index (χ4v) is 3.62. The van der Waals surface area contributed by atoms with Gasteiger partial charge in [0.25, 0.3) is 6.47 Å². The molecule has 0 radical (unpaired) electrons. The van der Waals surface area contributed by atoms with Crippen LogP contribution in [0.3, 0.4) is 0 Å². The number of carboxylic acid groups (broad SMARTS) is 1. The molecule has 0 amide bonds. The summed E-state index contributed by atoms with van der Waals surface area (Å²) < 4.78 is 2.35. The van der Waals surface area contributed by atoms with Gasteiger partial charge in [-0.3, -0.25) is 9.69 Å². The summed E-state index contributed by atoms with van der Waals surface area (Å²) in [6.07, 6.45) is 5.06. The van der Waals surface area contributed by atoms with Gasteiger partial charge in [0.05, 0.1) is 6.54 Å². The zero-order valence-corrected chi connectivity index (χ0v) is 13.8. The van der Waals surface area contributed by atoms with Crippen LogP contribution in [0, 0.1) is 0 Å². The SMILES string of the molecule is O=CO.c1ccc(C2Cc3nnc(CN4CCCCC4)n3C2)cc1. The Morgan fingerprint density at radius 1 is 1.12 bits per heavy atom. The summed E-state index contributed by atoms with van der Waals surface area (Å²) >= 11 is 0. The molecule has 1 aromatic carbocycles. The molecule has 6 nitrogen and oxygen atoms in total. The number of aromatic nitrogens is 3. The minimum atomic E-state index is -0.250. The van der Waals surface area contributed by atoms with E-state index in [-0.39, 0.29) is 6.47 Å². The van der Waals surface area contributed by atoms with E-state index in [4.69, 9.17) is 9.90 Å². The van der Waals surface area contributed by atoms with E-state index in [9.17, 15) is 0 Å². The molecule has 2 aliphatic heterocycles. The van der Waals surface area contributed by atoms with Crippen LogP contribution >= 0.6 is 0 Å². The van der Waals surface area contributed by atoms with E-state index in [0.29, 0.717) is 5.92 Å². The third-order valence-corrected chi connectivity index (χ3v) is 4.82. The van der Waals surface area contributed by atoms with Crippen LogP contribution in [-0.4, -0.2) is 44.3 Å². The number of piperidine rings is 1. The largest absolute Gasteiger partial charge is 0.483 e. The lowest BCUT2D eigenvalue weighted by Gasteiger charge is -2.25. The first kappa shape index (κ1) is 16.6. The van der Waals surface area contributed by atoms with Crippen molar-refractivity contribution in [2.24, 2.45) is 0 Å². The summed E-state index contributed by atoms with van der Waals surface area (Å²) in [5, 5.41) is 15.7. The second-order valence-electron chi connectivity index (χ2n) is 6.40. The van der Waals surface area contributed by atoms with Crippen LogP contribution < -0.4 is 0 Å². The van der Waals surface area contributed by atoms with Crippen LogP contribution in [0.2, 0.25) is 0 Å². The molecular formula is C18H24N4O2. The Morgan fingerprint density at radius 2 is 1.83 bits per heavy atom. The molecule has 2 aromatic rings. The lowest BCUT2D eigenvalue weighted by Crippen LogP contribution is -2.30. The van der Waals surface area contributed by atoms with Crippen LogP contribution in [0.15, 0.2) is 30.3 Å². The van der Waals surface area contributed by atoms with Gasteiger partial charge in [-0.2, -0.15) is 0 Å². The van der Waals surface area contributed by atoms with E-state index in [1.165, 1.54) is 37.9 Å². The van der Waals surface area contributed by atoms with Crippen molar-refractivity contribution in [2.75, 3.05) is 13.1 Å². The second-order valence-corrected chi connectivity index (χ2v) is 6.40. The predicted octanol–water partition coefficient (Wildman–Crippen LogP) is 2.30. The van der Waals surface area contributed by atoms with Crippen LogP contribution in [0.4, 0.5) is 0 Å². The van der Waals surface area contributed by atoms with E-state index < -0.39 is 0 Å². The van der Waals surface area contributed by atoms with Gasteiger partial charge in [0.2, 0.25) is 0 Å². The summed E-state index contributed by atoms with van der Waals surface area (Å²) in [7, 11) is 0.